The van der Waals surface area contributed by atoms with Crippen molar-refractivity contribution in [3.05, 3.63) is 24.3 Å². The van der Waals surface area contributed by atoms with Gasteiger partial charge in [-0.15, -0.1) is 24.0 Å². The number of benzene rings is 1. The molecule has 2 aliphatic heterocycles. The first-order chi connectivity index (χ1) is 12.7. The Kier molecular flexibility index (Phi) is 9.47. The highest BCUT2D eigenvalue weighted by Gasteiger charge is 2.20. The second-order valence-electron chi connectivity index (χ2n) is 7.26. The minimum absolute atomic E-state index is 0. The fourth-order valence-electron chi connectivity index (χ4n) is 3.39. The molecule has 2 N–H and O–H groups in total. The largest absolute Gasteiger partial charge is 0.486 e. The Bertz CT molecular complexity index is 591. The van der Waals surface area contributed by atoms with Gasteiger partial charge in [0.25, 0.3) is 0 Å². The summed E-state index contributed by atoms with van der Waals surface area (Å²) in [5.41, 5.74) is 0. The second kappa shape index (κ2) is 11.6. The van der Waals surface area contributed by atoms with Crippen LogP contribution in [0.25, 0.3) is 0 Å². The molecule has 1 aromatic carbocycles. The first kappa shape index (κ1) is 22.1. The first-order valence-electron chi connectivity index (χ1n) is 9.80. The van der Waals surface area contributed by atoms with Crippen molar-refractivity contribution in [2.75, 3.05) is 46.4 Å². The summed E-state index contributed by atoms with van der Waals surface area (Å²) in [7, 11) is 1.80. The molecule has 27 heavy (non-hydrogen) atoms. The van der Waals surface area contributed by atoms with Crippen LogP contribution in [0, 0.1) is 5.92 Å². The van der Waals surface area contributed by atoms with Crippen LogP contribution in [-0.4, -0.2) is 63.3 Å². The van der Waals surface area contributed by atoms with E-state index in [9.17, 15) is 0 Å². The molecule has 0 aliphatic carbocycles. The third-order valence-corrected chi connectivity index (χ3v) is 5.11. The van der Waals surface area contributed by atoms with Gasteiger partial charge in [-0.05, 0) is 56.9 Å². The molecular formula is C20H33IN4O2. The van der Waals surface area contributed by atoms with Gasteiger partial charge in [0.05, 0.1) is 6.54 Å². The number of hydrogen-bond acceptors (Lipinski definition) is 4. The van der Waals surface area contributed by atoms with Gasteiger partial charge in [0.15, 0.2) is 17.5 Å². The van der Waals surface area contributed by atoms with E-state index >= 15 is 0 Å². The summed E-state index contributed by atoms with van der Waals surface area (Å²) in [6, 6.07) is 7.79. The SMILES string of the molecule is CN=C(NCCCN1CCC(C)CC1)NCC1COc2ccccc2O1.I. The van der Waals surface area contributed by atoms with Crippen LogP contribution < -0.4 is 20.1 Å². The Labute approximate surface area is 180 Å². The number of aliphatic imine (C=N–C) groups is 1. The summed E-state index contributed by atoms with van der Waals surface area (Å²) in [6.45, 7) is 8.15. The lowest BCUT2D eigenvalue weighted by Gasteiger charge is -2.30. The molecule has 1 fully saturated rings. The molecule has 0 spiro atoms. The normalized spacial score (nSPS) is 20.7. The van der Waals surface area contributed by atoms with Crippen LogP contribution in [0.3, 0.4) is 0 Å². The second-order valence-corrected chi connectivity index (χ2v) is 7.26. The highest BCUT2D eigenvalue weighted by Crippen LogP contribution is 2.30. The minimum Gasteiger partial charge on any atom is -0.486 e. The maximum atomic E-state index is 5.96. The minimum atomic E-state index is -0.0150. The fraction of sp³-hybridized carbons (Fsp3) is 0.650. The van der Waals surface area contributed by atoms with Crippen molar-refractivity contribution in [1.82, 2.24) is 15.5 Å². The first-order valence-corrected chi connectivity index (χ1v) is 9.80. The molecule has 3 rings (SSSR count). The van der Waals surface area contributed by atoms with Gasteiger partial charge in [-0.25, -0.2) is 0 Å². The van der Waals surface area contributed by atoms with Gasteiger partial charge < -0.3 is 25.0 Å². The molecule has 152 valence electrons. The molecule has 0 radical (unpaired) electrons. The van der Waals surface area contributed by atoms with Crippen molar-refractivity contribution < 1.29 is 9.47 Å². The molecule has 1 atom stereocenters. The van der Waals surface area contributed by atoms with Crippen LogP contribution in [0.2, 0.25) is 0 Å². The van der Waals surface area contributed by atoms with E-state index in [1.807, 2.05) is 24.3 Å². The van der Waals surface area contributed by atoms with E-state index < -0.39 is 0 Å². The third kappa shape index (κ3) is 7.03. The zero-order chi connectivity index (χ0) is 18.2. The Morgan fingerprint density at radius 2 is 1.93 bits per heavy atom. The summed E-state index contributed by atoms with van der Waals surface area (Å²) in [5.74, 6) is 3.34. The monoisotopic (exact) mass is 488 g/mol. The highest BCUT2D eigenvalue weighted by atomic mass is 127. The smallest absolute Gasteiger partial charge is 0.191 e. The number of nitrogens with zero attached hydrogens (tertiary/aromatic N) is 2. The lowest BCUT2D eigenvalue weighted by molar-refractivity contribution is 0.0936. The molecule has 0 bridgehead atoms. The van der Waals surface area contributed by atoms with Crippen LogP contribution in [0.4, 0.5) is 0 Å². The summed E-state index contributed by atoms with van der Waals surface area (Å²) >= 11 is 0. The van der Waals surface area contributed by atoms with Crippen molar-refractivity contribution in [3.63, 3.8) is 0 Å². The molecule has 0 aromatic heterocycles. The number of piperidine rings is 1. The topological polar surface area (TPSA) is 58.1 Å². The standard InChI is InChI=1S/C20H32N4O2.HI/c1-16-8-12-24(13-9-16)11-5-10-22-20(21-2)23-14-17-15-25-18-6-3-4-7-19(18)26-17;/h3-4,6-7,16-17H,5,8-15H2,1-2H3,(H2,21,22,23);1H. The Balaban J connectivity index is 0.00000261. The van der Waals surface area contributed by atoms with Crippen molar-refractivity contribution >= 4 is 29.9 Å². The Hall–Kier alpha value is -1.22. The van der Waals surface area contributed by atoms with E-state index in [0.29, 0.717) is 13.2 Å². The van der Waals surface area contributed by atoms with Crippen LogP contribution >= 0.6 is 24.0 Å². The summed E-state index contributed by atoms with van der Waals surface area (Å²) in [5, 5.41) is 6.73. The van der Waals surface area contributed by atoms with Crippen LogP contribution in [0.5, 0.6) is 11.5 Å². The number of guanidine groups is 1. The summed E-state index contributed by atoms with van der Waals surface area (Å²) in [6.07, 6.45) is 3.79. The number of halogens is 1. The maximum absolute atomic E-state index is 5.96. The molecule has 2 heterocycles. The molecule has 1 aromatic rings. The zero-order valence-electron chi connectivity index (χ0n) is 16.4. The lowest BCUT2D eigenvalue weighted by Crippen LogP contribution is -2.46. The van der Waals surface area contributed by atoms with Crippen LogP contribution in [-0.2, 0) is 0 Å². The van der Waals surface area contributed by atoms with Crippen molar-refractivity contribution in [2.24, 2.45) is 10.9 Å². The molecular weight excluding hydrogens is 455 g/mol. The van der Waals surface area contributed by atoms with Gasteiger partial charge in [0.1, 0.15) is 12.7 Å². The number of para-hydroxylation sites is 2. The average molecular weight is 488 g/mol. The third-order valence-electron chi connectivity index (χ3n) is 5.11. The molecule has 7 heteroatoms. The van der Waals surface area contributed by atoms with Crippen molar-refractivity contribution in [1.29, 1.82) is 0 Å². The molecule has 0 saturated carbocycles. The molecule has 1 saturated heterocycles. The number of nitrogens with one attached hydrogen (secondary N) is 2. The lowest BCUT2D eigenvalue weighted by atomic mass is 9.99. The Morgan fingerprint density at radius 3 is 2.67 bits per heavy atom. The van der Waals surface area contributed by atoms with Crippen LogP contribution in [0.15, 0.2) is 29.3 Å². The van der Waals surface area contributed by atoms with E-state index in [1.54, 1.807) is 7.05 Å². The van der Waals surface area contributed by atoms with Crippen molar-refractivity contribution in [2.45, 2.75) is 32.3 Å². The zero-order valence-corrected chi connectivity index (χ0v) is 18.8. The number of hydrogen-bond donors (Lipinski definition) is 2. The van der Waals surface area contributed by atoms with Gasteiger partial charge >= 0.3 is 0 Å². The van der Waals surface area contributed by atoms with E-state index in [1.165, 1.54) is 25.9 Å². The van der Waals surface area contributed by atoms with Crippen LogP contribution in [0.1, 0.15) is 26.2 Å². The summed E-state index contributed by atoms with van der Waals surface area (Å²) < 4.78 is 11.7. The Morgan fingerprint density at radius 1 is 1.19 bits per heavy atom. The molecule has 1 unspecified atom stereocenters. The van der Waals surface area contributed by atoms with Crippen molar-refractivity contribution in [3.8, 4) is 11.5 Å². The number of rotatable bonds is 6. The van der Waals surface area contributed by atoms with Gasteiger partial charge in [-0.1, -0.05) is 19.1 Å². The predicted octanol–water partition coefficient (Wildman–Crippen LogP) is 2.73. The van der Waals surface area contributed by atoms with E-state index in [-0.39, 0.29) is 30.1 Å². The van der Waals surface area contributed by atoms with Gasteiger partial charge in [0, 0.05) is 13.6 Å². The van der Waals surface area contributed by atoms with E-state index in [0.717, 1.165) is 42.9 Å². The summed E-state index contributed by atoms with van der Waals surface area (Å²) in [4.78, 5) is 6.87. The van der Waals surface area contributed by atoms with Gasteiger partial charge in [-0.2, -0.15) is 0 Å². The number of fused-ring (bicyclic) bond motifs is 1. The van der Waals surface area contributed by atoms with E-state index in [4.69, 9.17) is 9.47 Å². The highest BCUT2D eigenvalue weighted by molar-refractivity contribution is 14.0. The molecule has 6 nitrogen and oxygen atoms in total. The number of likely N-dealkylation sites (tertiary alicyclic amines) is 1. The van der Waals surface area contributed by atoms with E-state index in [2.05, 4.69) is 27.4 Å². The van der Waals surface area contributed by atoms with Gasteiger partial charge in [-0.3, -0.25) is 4.99 Å². The quantitative estimate of drug-likeness (QED) is 0.279. The average Bonchev–Trinajstić information content (AvgIpc) is 2.68. The maximum Gasteiger partial charge on any atom is 0.191 e. The molecule has 2 aliphatic rings. The van der Waals surface area contributed by atoms with Gasteiger partial charge in [0.2, 0.25) is 0 Å². The molecule has 0 amide bonds. The predicted molar refractivity (Wildman–Crippen MR) is 121 cm³/mol. The number of ether oxygens (including phenoxy) is 2. The fourth-order valence-corrected chi connectivity index (χ4v) is 3.39.